The molecule has 0 aliphatic heterocycles. The monoisotopic (exact) mass is 339 g/mol. The molecule has 0 aliphatic carbocycles. The van der Waals surface area contributed by atoms with Crippen LogP contribution in [-0.2, 0) is 11.3 Å². The maximum Gasteiger partial charge on any atom is 0.419 e. The van der Waals surface area contributed by atoms with Gasteiger partial charge < -0.3 is 4.42 Å². The molecule has 0 spiro atoms. The first-order valence-electron chi connectivity index (χ1n) is 8.30. The van der Waals surface area contributed by atoms with Crippen LogP contribution in [0.2, 0.25) is 0 Å². The van der Waals surface area contributed by atoms with Crippen LogP contribution in [0.4, 0.5) is 5.69 Å². The number of aromatic nitrogens is 1. The van der Waals surface area contributed by atoms with Gasteiger partial charge in [-0.1, -0.05) is 29.8 Å². The van der Waals surface area contributed by atoms with Crippen molar-refractivity contribution < 1.29 is 9.21 Å². The van der Waals surface area contributed by atoms with Crippen LogP contribution in [0.25, 0.3) is 11.1 Å². The Morgan fingerprint density at radius 2 is 1.88 bits per heavy atom. The first kappa shape index (κ1) is 16.8. The number of carbonyl (C=O) groups excluding carboxylic acids is 1. The highest BCUT2D eigenvalue weighted by Crippen LogP contribution is 2.14. The van der Waals surface area contributed by atoms with E-state index >= 15 is 0 Å². The van der Waals surface area contributed by atoms with Crippen molar-refractivity contribution in [1.29, 1.82) is 0 Å². The molecule has 0 unspecified atom stereocenters. The van der Waals surface area contributed by atoms with Crippen molar-refractivity contribution in [2.45, 2.75) is 26.8 Å². The van der Waals surface area contributed by atoms with Gasteiger partial charge in [-0.3, -0.25) is 19.8 Å². The molecule has 2 aromatic carbocycles. The van der Waals surface area contributed by atoms with E-state index in [9.17, 15) is 9.59 Å². The third-order valence-electron chi connectivity index (χ3n) is 4.06. The van der Waals surface area contributed by atoms with E-state index in [-0.39, 0.29) is 18.9 Å². The summed E-state index contributed by atoms with van der Waals surface area (Å²) in [7, 11) is 0. The van der Waals surface area contributed by atoms with E-state index in [1.807, 2.05) is 56.3 Å². The molecule has 130 valence electrons. The van der Waals surface area contributed by atoms with E-state index < -0.39 is 5.76 Å². The Hall–Kier alpha value is -3.02. The summed E-state index contributed by atoms with van der Waals surface area (Å²) in [5, 5.41) is 1.79. The minimum absolute atomic E-state index is 0.153. The van der Waals surface area contributed by atoms with E-state index in [0.717, 1.165) is 11.3 Å². The highest BCUT2D eigenvalue weighted by molar-refractivity contribution is 5.78. The van der Waals surface area contributed by atoms with Gasteiger partial charge in [-0.25, -0.2) is 4.79 Å². The van der Waals surface area contributed by atoms with Gasteiger partial charge in [0.2, 0.25) is 5.91 Å². The quantitative estimate of drug-likeness (QED) is 0.701. The first-order chi connectivity index (χ1) is 12.1. The molecule has 1 amide bonds. The fourth-order valence-corrected chi connectivity index (χ4v) is 2.70. The number of carbonyl (C=O) groups is 1. The van der Waals surface area contributed by atoms with Gasteiger partial charge in [-0.15, -0.1) is 0 Å². The number of para-hydroxylation sites is 2. The molecule has 0 saturated heterocycles. The van der Waals surface area contributed by atoms with Gasteiger partial charge in [0.1, 0.15) is 0 Å². The Kier molecular flexibility index (Phi) is 4.88. The van der Waals surface area contributed by atoms with Crippen LogP contribution < -0.4 is 16.2 Å². The van der Waals surface area contributed by atoms with E-state index in [1.165, 1.54) is 4.57 Å². The SMILES string of the molecule is CCN(NC(=O)CCn1c(=O)oc2ccccc21)c1ccc(C)cc1. The smallest absolute Gasteiger partial charge is 0.408 e. The zero-order valence-electron chi connectivity index (χ0n) is 14.4. The largest absolute Gasteiger partial charge is 0.419 e. The molecule has 3 aromatic rings. The fourth-order valence-electron chi connectivity index (χ4n) is 2.70. The van der Waals surface area contributed by atoms with Gasteiger partial charge in [0.15, 0.2) is 5.58 Å². The van der Waals surface area contributed by atoms with Crippen molar-refractivity contribution in [2.75, 3.05) is 11.6 Å². The number of anilines is 1. The number of benzene rings is 2. The number of amides is 1. The molecule has 25 heavy (non-hydrogen) atoms. The Labute approximate surface area is 145 Å². The highest BCUT2D eigenvalue weighted by Gasteiger charge is 2.12. The Morgan fingerprint density at radius 1 is 1.16 bits per heavy atom. The molecule has 0 radical (unpaired) electrons. The minimum atomic E-state index is -0.445. The van der Waals surface area contributed by atoms with Crippen LogP contribution in [0, 0.1) is 6.92 Å². The lowest BCUT2D eigenvalue weighted by atomic mass is 10.2. The maximum absolute atomic E-state index is 12.3. The molecular weight excluding hydrogens is 318 g/mol. The van der Waals surface area contributed by atoms with Crippen molar-refractivity contribution in [3.05, 3.63) is 64.6 Å². The molecule has 0 saturated carbocycles. The average Bonchev–Trinajstić information content (AvgIpc) is 2.94. The van der Waals surface area contributed by atoms with Gasteiger partial charge in [0, 0.05) is 19.5 Å². The number of oxazole rings is 1. The summed E-state index contributed by atoms with van der Waals surface area (Å²) in [6.45, 7) is 4.90. The maximum atomic E-state index is 12.3. The second-order valence-corrected chi connectivity index (χ2v) is 5.85. The van der Waals surface area contributed by atoms with Gasteiger partial charge >= 0.3 is 5.76 Å². The number of fused-ring (bicyclic) bond motifs is 1. The number of hydrogen-bond donors (Lipinski definition) is 1. The molecule has 1 N–H and O–H groups in total. The number of hydrogen-bond acceptors (Lipinski definition) is 4. The topological polar surface area (TPSA) is 67.5 Å². The third kappa shape index (κ3) is 3.74. The molecule has 3 rings (SSSR count). The summed E-state index contributed by atoms with van der Waals surface area (Å²) in [6, 6.07) is 15.1. The Morgan fingerprint density at radius 3 is 2.60 bits per heavy atom. The second-order valence-electron chi connectivity index (χ2n) is 5.85. The van der Waals surface area contributed by atoms with Gasteiger partial charge in [-0.05, 0) is 38.1 Å². The predicted molar refractivity (Wildman–Crippen MR) is 97.4 cm³/mol. The number of nitrogens with one attached hydrogen (secondary N) is 1. The van der Waals surface area contributed by atoms with Crippen LogP contribution in [0.3, 0.4) is 0 Å². The molecule has 1 aromatic heterocycles. The Balaban J connectivity index is 1.66. The van der Waals surface area contributed by atoms with E-state index in [0.29, 0.717) is 17.6 Å². The summed E-state index contributed by atoms with van der Waals surface area (Å²) in [5.41, 5.74) is 6.20. The normalized spacial score (nSPS) is 10.8. The lowest BCUT2D eigenvalue weighted by Gasteiger charge is -2.24. The Bertz CT molecular complexity index is 925. The van der Waals surface area contributed by atoms with Gasteiger partial charge in [0.05, 0.1) is 11.2 Å². The van der Waals surface area contributed by atoms with E-state index in [4.69, 9.17) is 4.42 Å². The predicted octanol–water partition coefficient (Wildman–Crippen LogP) is 2.85. The van der Waals surface area contributed by atoms with E-state index in [2.05, 4.69) is 5.43 Å². The molecular formula is C19H21N3O3. The summed E-state index contributed by atoms with van der Waals surface area (Å²) in [5.74, 6) is -0.598. The molecule has 0 fully saturated rings. The van der Waals surface area contributed by atoms with Crippen molar-refractivity contribution >= 4 is 22.7 Å². The van der Waals surface area contributed by atoms with Crippen LogP contribution >= 0.6 is 0 Å². The molecule has 0 aliphatic rings. The molecule has 1 heterocycles. The lowest BCUT2D eigenvalue weighted by Crippen LogP contribution is -2.42. The summed E-state index contributed by atoms with van der Waals surface area (Å²) in [6.07, 6.45) is 0.186. The number of aryl methyl sites for hydroxylation is 2. The first-order valence-corrected chi connectivity index (χ1v) is 8.30. The minimum Gasteiger partial charge on any atom is -0.408 e. The summed E-state index contributed by atoms with van der Waals surface area (Å²) >= 11 is 0. The molecule has 0 atom stereocenters. The van der Waals surface area contributed by atoms with Gasteiger partial charge in [0.25, 0.3) is 0 Å². The summed E-state index contributed by atoms with van der Waals surface area (Å²) < 4.78 is 6.66. The highest BCUT2D eigenvalue weighted by atomic mass is 16.4. The summed E-state index contributed by atoms with van der Waals surface area (Å²) in [4.78, 5) is 24.2. The second kappa shape index (κ2) is 7.25. The number of rotatable bonds is 6. The van der Waals surface area contributed by atoms with Crippen LogP contribution in [0.5, 0.6) is 0 Å². The van der Waals surface area contributed by atoms with Crippen LogP contribution in [-0.4, -0.2) is 17.0 Å². The van der Waals surface area contributed by atoms with Crippen molar-refractivity contribution in [1.82, 2.24) is 9.99 Å². The standard InChI is InChI=1S/C19H21N3O3/c1-3-22(15-10-8-14(2)9-11-15)20-18(23)12-13-21-16-6-4-5-7-17(16)25-19(21)24/h4-11H,3,12-13H2,1-2H3,(H,20,23). The zero-order valence-corrected chi connectivity index (χ0v) is 14.4. The average molecular weight is 339 g/mol. The molecule has 6 heteroatoms. The number of nitrogens with zero attached hydrogens (tertiary/aromatic N) is 2. The van der Waals surface area contributed by atoms with Crippen molar-refractivity contribution in [3.8, 4) is 0 Å². The van der Waals surface area contributed by atoms with Crippen LogP contribution in [0.15, 0.2) is 57.7 Å². The van der Waals surface area contributed by atoms with Crippen molar-refractivity contribution in [3.63, 3.8) is 0 Å². The molecule has 0 bridgehead atoms. The van der Waals surface area contributed by atoms with E-state index in [1.54, 1.807) is 11.1 Å². The number of hydrazine groups is 1. The molecule has 6 nitrogen and oxygen atoms in total. The van der Waals surface area contributed by atoms with Crippen LogP contribution in [0.1, 0.15) is 18.9 Å². The lowest BCUT2D eigenvalue weighted by molar-refractivity contribution is -0.121. The zero-order chi connectivity index (χ0) is 17.8. The fraction of sp³-hybridized carbons (Fsp3) is 0.263. The van der Waals surface area contributed by atoms with Crippen molar-refractivity contribution in [2.24, 2.45) is 0 Å². The van der Waals surface area contributed by atoms with Gasteiger partial charge in [-0.2, -0.15) is 0 Å². The third-order valence-corrected chi connectivity index (χ3v) is 4.06.